The molecule has 2 aliphatic heterocycles. The van der Waals surface area contributed by atoms with Crippen LogP contribution in [0.5, 0.6) is 11.5 Å². The Hall–Kier alpha value is -0.970. The molecule has 0 bridgehead atoms. The maximum Gasteiger partial charge on any atom is 0.142 e. The fourth-order valence-corrected chi connectivity index (χ4v) is 3.29. The van der Waals surface area contributed by atoms with Crippen LogP contribution in [-0.4, -0.2) is 23.9 Å². The van der Waals surface area contributed by atoms with E-state index in [0.29, 0.717) is 16.5 Å². The summed E-state index contributed by atoms with van der Waals surface area (Å²) in [5.74, 6) is 1.42. The van der Waals surface area contributed by atoms with Gasteiger partial charge in [-0.2, -0.15) is 0 Å². The highest BCUT2D eigenvalue weighted by atomic mass is 35.5. The molecule has 1 aromatic rings. The third kappa shape index (κ3) is 1.90. The van der Waals surface area contributed by atoms with E-state index in [-0.39, 0.29) is 18.8 Å². The lowest BCUT2D eigenvalue weighted by Gasteiger charge is -2.18. The second-order valence-electron chi connectivity index (χ2n) is 5.36. The van der Waals surface area contributed by atoms with E-state index >= 15 is 0 Å². The normalized spacial score (nSPS) is 25.5. The summed E-state index contributed by atoms with van der Waals surface area (Å²) in [7, 11) is 0. The maximum atomic E-state index is 10.2. The van der Waals surface area contributed by atoms with Crippen molar-refractivity contribution in [3.05, 3.63) is 21.7 Å². The third-order valence-electron chi connectivity index (χ3n) is 3.76. The number of ether oxygens (including phenoxy) is 2. The molecule has 5 heteroatoms. The lowest BCUT2D eigenvalue weighted by molar-refractivity contribution is 0.175. The lowest BCUT2D eigenvalue weighted by atomic mass is 9.94. The number of rotatable bonds is 2. The highest BCUT2D eigenvalue weighted by Crippen LogP contribution is 2.50. The van der Waals surface area contributed by atoms with E-state index in [4.69, 9.17) is 26.8 Å². The minimum absolute atomic E-state index is 0.0659. The van der Waals surface area contributed by atoms with Gasteiger partial charge in [-0.15, -0.1) is 0 Å². The topological polar surface area (TPSA) is 64.7 Å². The molecule has 0 spiro atoms. The summed E-state index contributed by atoms with van der Waals surface area (Å²) < 4.78 is 11.6. The van der Waals surface area contributed by atoms with Crippen LogP contribution in [0.1, 0.15) is 36.6 Å². The maximum absolute atomic E-state index is 10.2. The van der Waals surface area contributed by atoms with Gasteiger partial charge in [0.2, 0.25) is 0 Å². The Morgan fingerprint density at radius 1 is 1.21 bits per heavy atom. The molecular formula is C14H18ClNO3. The van der Waals surface area contributed by atoms with Gasteiger partial charge >= 0.3 is 0 Å². The Morgan fingerprint density at radius 2 is 1.79 bits per heavy atom. The van der Waals surface area contributed by atoms with Crippen LogP contribution in [0.2, 0.25) is 5.02 Å². The van der Waals surface area contributed by atoms with Crippen molar-refractivity contribution in [3.8, 4) is 11.5 Å². The molecular weight excluding hydrogens is 266 g/mol. The molecule has 2 aliphatic rings. The van der Waals surface area contributed by atoms with Gasteiger partial charge in [-0.25, -0.2) is 0 Å². The molecule has 1 aromatic carbocycles. The highest BCUT2D eigenvalue weighted by molar-refractivity contribution is 6.33. The van der Waals surface area contributed by atoms with Gasteiger partial charge < -0.3 is 20.3 Å². The first-order chi connectivity index (χ1) is 9.02. The Balaban J connectivity index is 2.23. The minimum atomic E-state index is -0.737. The summed E-state index contributed by atoms with van der Waals surface area (Å²) in [6, 6.07) is 0. The van der Waals surface area contributed by atoms with Gasteiger partial charge in [0.1, 0.15) is 23.7 Å². The van der Waals surface area contributed by atoms with E-state index < -0.39 is 6.10 Å². The number of nitrogens with two attached hydrogens (primary N) is 1. The van der Waals surface area contributed by atoms with Gasteiger partial charge in [0.15, 0.2) is 0 Å². The second kappa shape index (κ2) is 4.54. The van der Waals surface area contributed by atoms with Crippen LogP contribution in [0.15, 0.2) is 0 Å². The van der Waals surface area contributed by atoms with Crippen LogP contribution in [0, 0.1) is 0 Å². The summed E-state index contributed by atoms with van der Waals surface area (Å²) >= 11 is 6.43. The van der Waals surface area contributed by atoms with Gasteiger partial charge in [-0.1, -0.05) is 11.6 Å². The van der Waals surface area contributed by atoms with Crippen molar-refractivity contribution in [2.24, 2.45) is 5.73 Å². The molecule has 0 radical (unpaired) electrons. The minimum Gasteiger partial charge on any atom is -0.490 e. The van der Waals surface area contributed by atoms with Gasteiger partial charge in [-0.3, -0.25) is 0 Å². The molecule has 2 heterocycles. The van der Waals surface area contributed by atoms with Gasteiger partial charge in [-0.05, 0) is 13.8 Å². The number of fused-ring (bicyclic) bond motifs is 2. The first-order valence-corrected chi connectivity index (χ1v) is 6.99. The van der Waals surface area contributed by atoms with Crippen LogP contribution in [0.25, 0.3) is 0 Å². The molecule has 3 atom stereocenters. The Kier molecular flexibility index (Phi) is 3.12. The van der Waals surface area contributed by atoms with Crippen molar-refractivity contribution in [2.45, 2.75) is 45.0 Å². The second-order valence-corrected chi connectivity index (χ2v) is 5.74. The van der Waals surface area contributed by atoms with Crippen molar-refractivity contribution in [2.75, 3.05) is 6.54 Å². The van der Waals surface area contributed by atoms with Gasteiger partial charge in [0.25, 0.3) is 0 Å². The number of hydrogen-bond donors (Lipinski definition) is 2. The average Bonchev–Trinajstić information content (AvgIpc) is 2.92. The SMILES string of the molecule is CC1Cc2c(c(Cl)c3c(c2C(O)CN)OC(C)C3)O1. The van der Waals surface area contributed by atoms with Crippen molar-refractivity contribution >= 4 is 11.6 Å². The first-order valence-electron chi connectivity index (χ1n) is 6.61. The molecule has 0 saturated carbocycles. The summed E-state index contributed by atoms with van der Waals surface area (Å²) in [6.07, 6.45) is 0.863. The lowest BCUT2D eigenvalue weighted by Crippen LogP contribution is -2.15. The summed E-state index contributed by atoms with van der Waals surface area (Å²) in [4.78, 5) is 0. The summed E-state index contributed by atoms with van der Waals surface area (Å²) in [6.45, 7) is 4.14. The monoisotopic (exact) mass is 283 g/mol. The molecule has 0 aliphatic carbocycles. The van der Waals surface area contributed by atoms with Crippen LogP contribution in [0.4, 0.5) is 0 Å². The van der Waals surface area contributed by atoms with E-state index in [1.807, 2.05) is 13.8 Å². The first kappa shape index (κ1) is 13.0. The summed E-state index contributed by atoms with van der Waals surface area (Å²) in [5, 5.41) is 10.8. The van der Waals surface area contributed by atoms with E-state index in [1.54, 1.807) is 0 Å². The number of hydrogen-bond acceptors (Lipinski definition) is 4. The molecule has 3 N–H and O–H groups in total. The van der Waals surface area contributed by atoms with Gasteiger partial charge in [0, 0.05) is 36.1 Å². The molecule has 3 unspecified atom stereocenters. The quantitative estimate of drug-likeness (QED) is 0.871. The molecule has 0 amide bonds. The number of benzene rings is 1. The van der Waals surface area contributed by atoms with Crippen LogP contribution in [0.3, 0.4) is 0 Å². The fourth-order valence-electron chi connectivity index (χ4n) is 2.96. The van der Waals surface area contributed by atoms with Crippen molar-refractivity contribution in [1.29, 1.82) is 0 Å². The Bertz CT molecular complexity index is 493. The Morgan fingerprint density at radius 3 is 2.42 bits per heavy atom. The van der Waals surface area contributed by atoms with Crippen molar-refractivity contribution < 1.29 is 14.6 Å². The number of aliphatic hydroxyl groups excluding tert-OH is 1. The van der Waals surface area contributed by atoms with Gasteiger partial charge in [0.05, 0.1) is 11.1 Å². The molecule has 0 aromatic heterocycles. The zero-order chi connectivity index (χ0) is 13.7. The van der Waals surface area contributed by atoms with Crippen LogP contribution < -0.4 is 15.2 Å². The average molecular weight is 284 g/mol. The zero-order valence-corrected chi connectivity index (χ0v) is 11.8. The summed E-state index contributed by atoms with van der Waals surface area (Å²) in [5.41, 5.74) is 8.27. The largest absolute Gasteiger partial charge is 0.490 e. The molecule has 19 heavy (non-hydrogen) atoms. The fraction of sp³-hybridized carbons (Fsp3) is 0.571. The zero-order valence-electron chi connectivity index (χ0n) is 11.1. The molecule has 0 saturated heterocycles. The van der Waals surface area contributed by atoms with Crippen molar-refractivity contribution in [1.82, 2.24) is 0 Å². The smallest absolute Gasteiger partial charge is 0.142 e. The predicted octanol–water partition coefficient (Wildman–Crippen LogP) is 1.98. The van der Waals surface area contributed by atoms with E-state index in [1.165, 1.54) is 0 Å². The molecule has 4 nitrogen and oxygen atoms in total. The van der Waals surface area contributed by atoms with Crippen LogP contribution >= 0.6 is 11.6 Å². The standard InChI is InChI=1S/C14H18ClNO3/c1-6-3-8-11(10(17)5-16)13-9(4-7(2)18-13)12(15)14(8)19-6/h6-7,10,17H,3-5,16H2,1-2H3. The number of halogens is 1. The van der Waals surface area contributed by atoms with Crippen molar-refractivity contribution in [3.63, 3.8) is 0 Å². The molecule has 3 rings (SSSR count). The van der Waals surface area contributed by atoms with E-state index in [2.05, 4.69) is 0 Å². The molecule has 0 fully saturated rings. The highest BCUT2D eigenvalue weighted by Gasteiger charge is 2.36. The van der Waals surface area contributed by atoms with Crippen LogP contribution in [-0.2, 0) is 12.8 Å². The number of aliphatic hydroxyl groups is 1. The predicted molar refractivity (Wildman–Crippen MR) is 73.1 cm³/mol. The third-order valence-corrected chi connectivity index (χ3v) is 4.16. The van der Waals surface area contributed by atoms with E-state index in [9.17, 15) is 5.11 Å². The Labute approximate surface area is 117 Å². The van der Waals surface area contributed by atoms with E-state index in [0.717, 1.165) is 29.5 Å². The molecule has 104 valence electrons.